The second-order valence-corrected chi connectivity index (χ2v) is 7.60. The lowest BCUT2D eigenvalue weighted by molar-refractivity contribution is -0.151. The Morgan fingerprint density at radius 3 is 2.56 bits per heavy atom. The number of benzene rings is 1. The van der Waals surface area contributed by atoms with Gasteiger partial charge in [0.1, 0.15) is 27.7 Å². The first-order valence-corrected chi connectivity index (χ1v) is 8.96. The largest absolute Gasteiger partial charge is 0.511 e. The molecule has 0 spiro atoms. The first-order valence-electron chi connectivity index (χ1n) is 8.14. The number of aryl methyl sites for hydroxylation is 1. The number of aliphatic hydroxyl groups is 1. The average Bonchev–Trinajstić information content (AvgIpc) is 2.97. The molecule has 0 atom stereocenters. The summed E-state index contributed by atoms with van der Waals surface area (Å²) < 4.78 is 10.6. The minimum absolute atomic E-state index is 0.0440. The topological polar surface area (TPSA) is 68.7 Å². The van der Waals surface area contributed by atoms with E-state index in [9.17, 15) is 9.90 Å². The average molecular weight is 359 g/mol. The van der Waals surface area contributed by atoms with Crippen molar-refractivity contribution in [3.63, 3.8) is 0 Å². The molecule has 132 valence electrons. The lowest BCUT2D eigenvalue weighted by Crippen LogP contribution is -2.34. The summed E-state index contributed by atoms with van der Waals surface area (Å²) in [5.41, 5.74) is 0.950. The Morgan fingerprint density at radius 2 is 2.00 bits per heavy atom. The van der Waals surface area contributed by atoms with Gasteiger partial charge in [0.15, 0.2) is 0 Å². The van der Waals surface area contributed by atoms with Crippen molar-refractivity contribution in [1.82, 2.24) is 4.98 Å². The SMILES string of the molecule is CCc1sc(-c2ccc(OC)cc2)nc1C1=C(O)CC(C)(C)OC1=O. The van der Waals surface area contributed by atoms with Crippen molar-refractivity contribution < 1.29 is 19.4 Å². The monoisotopic (exact) mass is 359 g/mol. The van der Waals surface area contributed by atoms with Crippen LogP contribution in [-0.4, -0.2) is 28.8 Å². The number of aromatic nitrogens is 1. The molecule has 5 nitrogen and oxygen atoms in total. The number of nitrogens with zero attached hydrogens (tertiary/aromatic N) is 1. The predicted molar refractivity (Wildman–Crippen MR) is 97.8 cm³/mol. The van der Waals surface area contributed by atoms with E-state index in [-0.39, 0.29) is 17.8 Å². The molecule has 1 aromatic heterocycles. The molecule has 25 heavy (non-hydrogen) atoms. The van der Waals surface area contributed by atoms with Gasteiger partial charge in [-0.05, 0) is 44.5 Å². The third-order valence-electron chi connectivity index (χ3n) is 4.05. The molecule has 1 N–H and O–H groups in total. The van der Waals surface area contributed by atoms with Crippen molar-refractivity contribution in [2.75, 3.05) is 7.11 Å². The highest BCUT2D eigenvalue weighted by Gasteiger charge is 2.37. The van der Waals surface area contributed by atoms with Crippen molar-refractivity contribution in [3.05, 3.63) is 40.6 Å². The van der Waals surface area contributed by atoms with Crippen LogP contribution < -0.4 is 4.74 Å². The van der Waals surface area contributed by atoms with Crippen LogP contribution in [0.3, 0.4) is 0 Å². The van der Waals surface area contributed by atoms with Crippen LogP contribution in [0.15, 0.2) is 30.0 Å². The zero-order chi connectivity index (χ0) is 18.2. The zero-order valence-corrected chi connectivity index (χ0v) is 15.6. The number of hydrogen-bond donors (Lipinski definition) is 1. The summed E-state index contributed by atoms with van der Waals surface area (Å²) in [4.78, 5) is 18.0. The van der Waals surface area contributed by atoms with E-state index in [4.69, 9.17) is 9.47 Å². The fourth-order valence-corrected chi connectivity index (χ4v) is 3.84. The van der Waals surface area contributed by atoms with Gasteiger partial charge in [0.25, 0.3) is 0 Å². The van der Waals surface area contributed by atoms with Crippen LogP contribution in [0.2, 0.25) is 0 Å². The third kappa shape index (κ3) is 3.39. The molecule has 0 saturated carbocycles. The van der Waals surface area contributed by atoms with Crippen molar-refractivity contribution >= 4 is 22.9 Å². The number of cyclic esters (lactones) is 1. The molecule has 1 aromatic carbocycles. The maximum atomic E-state index is 12.4. The van der Waals surface area contributed by atoms with E-state index >= 15 is 0 Å². The molecular formula is C19H21NO4S. The van der Waals surface area contributed by atoms with Crippen molar-refractivity contribution in [1.29, 1.82) is 0 Å². The molecule has 1 aliphatic rings. The smallest absolute Gasteiger partial charge is 0.344 e. The number of esters is 1. The zero-order valence-electron chi connectivity index (χ0n) is 14.8. The molecule has 0 radical (unpaired) electrons. The lowest BCUT2D eigenvalue weighted by Gasteiger charge is -2.30. The van der Waals surface area contributed by atoms with Crippen LogP contribution in [0.4, 0.5) is 0 Å². The van der Waals surface area contributed by atoms with E-state index in [1.54, 1.807) is 21.0 Å². The number of thiazole rings is 1. The second-order valence-electron chi connectivity index (χ2n) is 6.52. The van der Waals surface area contributed by atoms with Gasteiger partial charge < -0.3 is 14.6 Å². The maximum absolute atomic E-state index is 12.4. The van der Waals surface area contributed by atoms with E-state index in [1.165, 1.54) is 11.3 Å². The van der Waals surface area contributed by atoms with Gasteiger partial charge in [-0.2, -0.15) is 0 Å². The molecule has 0 amide bonds. The van der Waals surface area contributed by atoms with E-state index in [2.05, 4.69) is 4.98 Å². The van der Waals surface area contributed by atoms with E-state index in [1.807, 2.05) is 31.2 Å². The van der Waals surface area contributed by atoms with Gasteiger partial charge in [-0.1, -0.05) is 6.92 Å². The molecule has 0 aliphatic carbocycles. The number of aliphatic hydroxyl groups excluding tert-OH is 1. The summed E-state index contributed by atoms with van der Waals surface area (Å²) in [6.45, 7) is 5.56. The molecule has 3 rings (SSSR count). The molecule has 0 unspecified atom stereocenters. The van der Waals surface area contributed by atoms with E-state index in [0.29, 0.717) is 5.69 Å². The van der Waals surface area contributed by atoms with Gasteiger partial charge >= 0.3 is 5.97 Å². The van der Waals surface area contributed by atoms with E-state index in [0.717, 1.165) is 27.6 Å². The van der Waals surface area contributed by atoms with Gasteiger partial charge in [0.2, 0.25) is 0 Å². The minimum Gasteiger partial charge on any atom is -0.511 e. The number of ether oxygens (including phenoxy) is 2. The molecule has 1 aliphatic heterocycles. The number of carbonyl (C=O) groups is 1. The molecule has 0 bridgehead atoms. The summed E-state index contributed by atoms with van der Waals surface area (Å²) in [5.74, 6) is 0.298. The number of hydrogen-bond acceptors (Lipinski definition) is 6. The van der Waals surface area contributed by atoms with Crippen LogP contribution >= 0.6 is 11.3 Å². The van der Waals surface area contributed by atoms with Crippen molar-refractivity contribution in [2.24, 2.45) is 0 Å². The van der Waals surface area contributed by atoms with Gasteiger partial charge in [-0.15, -0.1) is 11.3 Å². The highest BCUT2D eigenvalue weighted by atomic mass is 32.1. The van der Waals surface area contributed by atoms with Crippen LogP contribution in [0.5, 0.6) is 5.75 Å². The summed E-state index contributed by atoms with van der Waals surface area (Å²) in [6.07, 6.45) is 1.00. The number of rotatable bonds is 4. The normalized spacial score (nSPS) is 16.7. The molecular weight excluding hydrogens is 338 g/mol. The summed E-state index contributed by atoms with van der Waals surface area (Å²) in [5, 5.41) is 11.2. The lowest BCUT2D eigenvalue weighted by atomic mass is 9.95. The highest BCUT2D eigenvalue weighted by molar-refractivity contribution is 7.15. The van der Waals surface area contributed by atoms with Crippen LogP contribution in [0.1, 0.15) is 37.8 Å². The Labute approximate surface area is 150 Å². The quantitative estimate of drug-likeness (QED) is 0.821. The fourth-order valence-electron chi connectivity index (χ4n) is 2.82. The predicted octanol–water partition coefficient (Wildman–Crippen LogP) is 4.38. The molecule has 2 heterocycles. The van der Waals surface area contributed by atoms with Crippen LogP contribution in [0.25, 0.3) is 16.1 Å². The summed E-state index contributed by atoms with van der Waals surface area (Å²) in [7, 11) is 1.62. The molecule has 0 fully saturated rings. The number of carbonyl (C=O) groups excluding carboxylic acids is 1. The summed E-state index contributed by atoms with van der Waals surface area (Å²) >= 11 is 1.52. The Balaban J connectivity index is 2.05. The highest BCUT2D eigenvalue weighted by Crippen LogP contribution is 2.38. The molecule has 2 aromatic rings. The van der Waals surface area contributed by atoms with Crippen molar-refractivity contribution in [3.8, 4) is 16.3 Å². The first-order chi connectivity index (χ1) is 11.8. The Morgan fingerprint density at radius 1 is 1.32 bits per heavy atom. The van der Waals surface area contributed by atoms with Crippen LogP contribution in [0, 0.1) is 0 Å². The maximum Gasteiger partial charge on any atom is 0.344 e. The number of methoxy groups -OCH3 is 1. The van der Waals surface area contributed by atoms with Crippen molar-refractivity contribution in [2.45, 2.75) is 39.2 Å². The third-order valence-corrected chi connectivity index (χ3v) is 5.30. The molecule has 6 heteroatoms. The van der Waals surface area contributed by atoms with Gasteiger partial charge in [0.05, 0.1) is 12.8 Å². The Kier molecular flexibility index (Phi) is 4.56. The standard InChI is InChI=1S/C19H21NO4S/c1-5-14-16(15-13(21)10-19(2,3)24-18(15)22)20-17(25-14)11-6-8-12(23-4)9-7-11/h6-9,21H,5,10H2,1-4H3. The van der Waals surface area contributed by atoms with E-state index < -0.39 is 11.6 Å². The van der Waals surface area contributed by atoms with Gasteiger partial charge in [-0.3, -0.25) is 0 Å². The van der Waals surface area contributed by atoms with Crippen LogP contribution in [-0.2, 0) is 16.0 Å². The molecule has 0 saturated heterocycles. The van der Waals surface area contributed by atoms with Gasteiger partial charge in [-0.25, -0.2) is 9.78 Å². The first kappa shape index (κ1) is 17.5. The Bertz CT molecular complexity index is 834. The fraction of sp³-hybridized carbons (Fsp3) is 0.368. The Hall–Kier alpha value is -2.34. The van der Waals surface area contributed by atoms with Gasteiger partial charge in [0, 0.05) is 16.9 Å². The second kappa shape index (κ2) is 6.52. The minimum atomic E-state index is -0.703. The summed E-state index contributed by atoms with van der Waals surface area (Å²) in [6, 6.07) is 7.60.